The molecule has 0 bridgehead atoms. The van der Waals surface area contributed by atoms with Crippen LogP contribution in [0.15, 0.2) is 6.20 Å². The van der Waals surface area contributed by atoms with Crippen molar-refractivity contribution < 1.29 is 6.22 Å². The van der Waals surface area contributed by atoms with Crippen LogP contribution in [0.2, 0.25) is 0 Å². The first kappa shape index (κ1) is 5.49. The molecule has 0 saturated carbocycles. The van der Waals surface area contributed by atoms with Crippen LogP contribution in [-0.4, -0.2) is 11.3 Å². The van der Waals surface area contributed by atoms with E-state index in [9.17, 15) is 4.79 Å². The predicted octanol–water partition coefficient (Wildman–Crippen LogP) is 0.370. The van der Waals surface area contributed by atoms with Gasteiger partial charge in [0.05, 0.1) is 5.69 Å². The summed E-state index contributed by atoms with van der Waals surface area (Å²) in [6.45, 7) is 0.777. The van der Waals surface area contributed by atoms with Crippen molar-refractivity contribution in [3.63, 3.8) is 0 Å². The first-order valence-electron chi connectivity index (χ1n) is 3.06. The lowest BCUT2D eigenvalue weighted by Gasteiger charge is -1.93. The molecule has 52 valence electrons. The third-order valence-electron chi connectivity index (χ3n) is 1.60. The van der Waals surface area contributed by atoms with Gasteiger partial charge in [-0.25, -0.2) is 5.43 Å². The molecule has 0 amide bonds. The first-order chi connectivity index (χ1) is 4.92. The molecule has 10 heavy (non-hydrogen) atoms. The third-order valence-corrected chi connectivity index (χ3v) is 1.60. The van der Waals surface area contributed by atoms with Crippen LogP contribution in [0.5, 0.6) is 0 Å². The monoisotopic (exact) mass is 138 g/mol. The molecule has 0 unspecified atom stereocenters. The number of fused-ring (bicyclic) bond motifs is 1. The molecule has 1 aromatic rings. The summed E-state index contributed by atoms with van der Waals surface area (Å²) in [6, 6.07) is 0. The van der Waals surface area contributed by atoms with Gasteiger partial charge in [0, 0.05) is 18.3 Å². The van der Waals surface area contributed by atoms with Crippen LogP contribution >= 0.6 is 0 Å². The second kappa shape index (κ2) is 1.85. The number of aldehydes is 1. The van der Waals surface area contributed by atoms with Crippen LogP contribution in [0.4, 0.5) is 5.69 Å². The minimum atomic E-state index is 0. The van der Waals surface area contributed by atoms with Gasteiger partial charge in [0.2, 0.25) is 0 Å². The highest BCUT2D eigenvalue weighted by Gasteiger charge is 2.14. The Morgan fingerprint density at radius 1 is 1.70 bits per heavy atom. The van der Waals surface area contributed by atoms with Gasteiger partial charge in [-0.1, -0.05) is 0 Å². The zero-order chi connectivity index (χ0) is 6.97. The quantitative estimate of drug-likeness (QED) is 0.491. The maximum absolute atomic E-state index is 10.3. The molecule has 2 heterocycles. The van der Waals surface area contributed by atoms with Crippen molar-refractivity contribution >= 4 is 12.0 Å². The van der Waals surface area contributed by atoms with Crippen molar-refractivity contribution in [2.45, 2.75) is 6.54 Å². The maximum atomic E-state index is 10.3. The largest absolute Gasteiger partial charge is 1.00 e. The smallest absolute Gasteiger partial charge is 0.357 e. The minimum Gasteiger partial charge on any atom is -0.357 e. The minimum absolute atomic E-state index is 0. The highest BCUT2D eigenvalue weighted by molar-refractivity contribution is 5.84. The Balaban J connectivity index is 0.000000605. The number of hydrogen-bond acceptors (Lipinski definition) is 3. The van der Waals surface area contributed by atoms with Crippen molar-refractivity contribution in [3.05, 3.63) is 17.5 Å². The topological polar surface area (TPSA) is 56.9 Å². The number of anilines is 1. The van der Waals surface area contributed by atoms with Gasteiger partial charge >= 0.3 is 1.43 Å². The van der Waals surface area contributed by atoms with Crippen molar-refractivity contribution in [1.82, 2.24) is 10.4 Å². The number of carbonyl (C=O) groups excluding carboxylic acids is 1. The average molecular weight is 138 g/mol. The number of carbonyl (C=O) groups is 1. The number of H-pyrrole nitrogens is 1. The van der Waals surface area contributed by atoms with Gasteiger partial charge in [-0.3, -0.25) is 4.79 Å². The summed E-state index contributed by atoms with van der Waals surface area (Å²) in [6.07, 6.45) is 2.63. The molecule has 1 aliphatic heterocycles. The van der Waals surface area contributed by atoms with E-state index in [2.05, 4.69) is 15.8 Å². The van der Waals surface area contributed by atoms with Gasteiger partial charge in [0.1, 0.15) is 5.69 Å². The molecule has 0 aliphatic carbocycles. The lowest BCUT2D eigenvalue weighted by Crippen LogP contribution is -2.12. The van der Waals surface area contributed by atoms with Crippen molar-refractivity contribution in [3.8, 4) is 0 Å². The zero-order valence-electron chi connectivity index (χ0n) is 6.27. The highest BCUT2D eigenvalue weighted by atomic mass is 16.1. The summed E-state index contributed by atoms with van der Waals surface area (Å²) in [5, 5.41) is 0. The molecular formula is C6H8N3O+. The second-order valence-electron chi connectivity index (χ2n) is 2.20. The fraction of sp³-hybridized carbons (Fsp3) is 0.167. The first-order valence-corrected chi connectivity index (χ1v) is 3.06. The highest BCUT2D eigenvalue weighted by Crippen LogP contribution is 2.21. The lowest BCUT2D eigenvalue weighted by molar-refractivity contribution is 0.112. The van der Waals surface area contributed by atoms with Crippen LogP contribution in [0.25, 0.3) is 0 Å². The second-order valence-corrected chi connectivity index (χ2v) is 2.20. The van der Waals surface area contributed by atoms with Gasteiger partial charge in [0.25, 0.3) is 0 Å². The van der Waals surface area contributed by atoms with E-state index >= 15 is 0 Å². The predicted molar refractivity (Wildman–Crippen MR) is 37.8 cm³/mol. The van der Waals surface area contributed by atoms with Gasteiger partial charge in [-0.15, -0.1) is 0 Å². The standard InChI is InChI=1S/C6H7N3O/c10-3-5-6-4(1-7-5)2-8-9-6/h1,3,7-9H,2H2/p+1. The van der Waals surface area contributed by atoms with Crippen LogP contribution in [-0.2, 0) is 6.54 Å². The molecule has 2 rings (SSSR count). The molecule has 1 aliphatic rings. The van der Waals surface area contributed by atoms with E-state index in [1.165, 1.54) is 0 Å². The summed E-state index contributed by atoms with van der Waals surface area (Å²) in [4.78, 5) is 13.2. The van der Waals surface area contributed by atoms with E-state index < -0.39 is 0 Å². The summed E-state index contributed by atoms with van der Waals surface area (Å²) >= 11 is 0. The van der Waals surface area contributed by atoms with Gasteiger partial charge in [0.15, 0.2) is 6.29 Å². The SMILES string of the molecule is O=Cc1[nH]cc2c1NNC2.[H+]. The Labute approximate surface area is 59.1 Å². The summed E-state index contributed by atoms with van der Waals surface area (Å²) in [5.74, 6) is 0. The lowest BCUT2D eigenvalue weighted by atomic mass is 10.3. The molecule has 3 N–H and O–H groups in total. The molecule has 0 aromatic carbocycles. The van der Waals surface area contributed by atoms with E-state index in [1.54, 1.807) is 0 Å². The Hall–Kier alpha value is -1.29. The van der Waals surface area contributed by atoms with Gasteiger partial charge in [-0.05, 0) is 0 Å². The summed E-state index contributed by atoms with van der Waals surface area (Å²) in [5.41, 5.74) is 8.41. The average Bonchev–Trinajstić information content (AvgIpc) is 2.44. The van der Waals surface area contributed by atoms with Crippen LogP contribution in [0.1, 0.15) is 17.5 Å². The molecule has 0 fully saturated rings. The van der Waals surface area contributed by atoms with Crippen LogP contribution in [0.3, 0.4) is 0 Å². The number of nitrogens with one attached hydrogen (secondary N) is 3. The van der Waals surface area contributed by atoms with Gasteiger partial charge in [-0.2, -0.15) is 0 Å². The molecule has 0 spiro atoms. The molecular weight excluding hydrogens is 130 g/mol. The number of aromatic amines is 1. The fourth-order valence-electron chi connectivity index (χ4n) is 1.09. The molecule has 4 heteroatoms. The molecule has 1 aromatic heterocycles. The summed E-state index contributed by atoms with van der Waals surface area (Å²) < 4.78 is 0. The Bertz CT molecular complexity index is 271. The Morgan fingerprint density at radius 2 is 2.60 bits per heavy atom. The summed E-state index contributed by atoms with van der Waals surface area (Å²) in [7, 11) is 0. The molecule has 0 atom stereocenters. The van der Waals surface area contributed by atoms with E-state index in [-0.39, 0.29) is 1.43 Å². The van der Waals surface area contributed by atoms with Gasteiger partial charge < -0.3 is 10.4 Å². The number of hydrazine groups is 1. The van der Waals surface area contributed by atoms with Crippen molar-refractivity contribution in [2.75, 3.05) is 5.43 Å². The number of hydrogen-bond donors (Lipinski definition) is 3. The van der Waals surface area contributed by atoms with Crippen molar-refractivity contribution in [1.29, 1.82) is 0 Å². The van der Waals surface area contributed by atoms with E-state index in [0.717, 1.165) is 24.1 Å². The Kier molecular flexibility index (Phi) is 1.01. The Morgan fingerprint density at radius 3 is 3.40 bits per heavy atom. The van der Waals surface area contributed by atoms with Crippen LogP contribution in [0, 0.1) is 0 Å². The van der Waals surface area contributed by atoms with E-state index in [0.29, 0.717) is 5.69 Å². The normalized spacial score (nSPS) is 14.4. The number of aromatic nitrogens is 1. The molecule has 0 saturated heterocycles. The van der Waals surface area contributed by atoms with Crippen LogP contribution < -0.4 is 10.9 Å². The molecule has 0 radical (unpaired) electrons. The number of rotatable bonds is 1. The van der Waals surface area contributed by atoms with E-state index in [4.69, 9.17) is 0 Å². The van der Waals surface area contributed by atoms with Crippen molar-refractivity contribution in [2.24, 2.45) is 0 Å². The fourth-order valence-corrected chi connectivity index (χ4v) is 1.09. The third kappa shape index (κ3) is 0.563. The molecule has 4 nitrogen and oxygen atoms in total. The van der Waals surface area contributed by atoms with E-state index in [1.807, 2.05) is 6.20 Å². The zero-order valence-corrected chi connectivity index (χ0v) is 5.27. The maximum Gasteiger partial charge on any atom is 1.00 e.